The minimum absolute atomic E-state index is 0.252. The van der Waals surface area contributed by atoms with Gasteiger partial charge >= 0.3 is 0 Å². The smallest absolute Gasteiger partial charge is 0.114 e. The van der Waals surface area contributed by atoms with Crippen LogP contribution in [-0.4, -0.2) is 20.5 Å². The molecule has 72 valence electrons. The van der Waals surface area contributed by atoms with Gasteiger partial charge in [0.05, 0.1) is 5.71 Å². The van der Waals surface area contributed by atoms with Crippen molar-refractivity contribution in [3.8, 4) is 0 Å². The van der Waals surface area contributed by atoms with Crippen LogP contribution in [0.5, 0.6) is 0 Å². The van der Waals surface area contributed by atoms with E-state index in [1.165, 1.54) is 0 Å². The van der Waals surface area contributed by atoms with Gasteiger partial charge in [0.2, 0.25) is 0 Å². The van der Waals surface area contributed by atoms with E-state index in [0.29, 0.717) is 6.42 Å². The second-order valence-electron chi connectivity index (χ2n) is 3.38. The molecule has 0 aliphatic carbocycles. The molecule has 0 amide bonds. The molecule has 0 fully saturated rings. The van der Waals surface area contributed by atoms with E-state index in [-0.39, 0.29) is 5.92 Å². The molecule has 13 heavy (non-hydrogen) atoms. The van der Waals surface area contributed by atoms with Crippen LogP contribution in [0.25, 0.3) is 0 Å². The zero-order chi connectivity index (χ0) is 9.84. The molecule has 1 rings (SSSR count). The summed E-state index contributed by atoms with van der Waals surface area (Å²) in [7, 11) is 1.93. The third-order valence-corrected chi connectivity index (χ3v) is 2.06. The van der Waals surface area contributed by atoms with Gasteiger partial charge in [-0.15, -0.1) is 0 Å². The number of aryl methyl sites for hydroxylation is 1. The maximum Gasteiger partial charge on any atom is 0.114 e. The molecule has 1 N–H and O–H groups in total. The molecule has 0 unspecified atom stereocenters. The predicted octanol–water partition coefficient (Wildman–Crippen LogP) is 1.45. The fourth-order valence-electron chi connectivity index (χ4n) is 1.08. The molecular weight excluding hydrogens is 166 g/mol. The fraction of sp³-hybridized carbons (Fsp3) is 0.556. The van der Waals surface area contributed by atoms with Gasteiger partial charge in [-0.1, -0.05) is 19.0 Å². The molecule has 4 nitrogen and oxygen atoms in total. The van der Waals surface area contributed by atoms with Gasteiger partial charge in [-0.05, 0) is 5.92 Å². The van der Waals surface area contributed by atoms with Crippen molar-refractivity contribution in [2.45, 2.75) is 20.3 Å². The molecule has 1 aromatic rings. The topological polar surface area (TPSA) is 50.4 Å². The van der Waals surface area contributed by atoms with Crippen molar-refractivity contribution in [3.05, 3.63) is 18.2 Å². The average molecular weight is 181 g/mol. The Morgan fingerprint density at radius 1 is 1.69 bits per heavy atom. The third kappa shape index (κ3) is 2.31. The molecule has 0 aromatic carbocycles. The first-order valence-electron chi connectivity index (χ1n) is 4.32. The standard InChI is InChI=1S/C9H15N3O/c1-7(2)8(11-13)6-9-10-4-5-12(9)3/h4-5,7,13H,6H2,1-3H3/b11-8-. The van der Waals surface area contributed by atoms with Gasteiger partial charge in [0, 0.05) is 25.9 Å². The number of imidazole rings is 1. The molecule has 0 atom stereocenters. The van der Waals surface area contributed by atoms with Crippen molar-refractivity contribution in [1.29, 1.82) is 0 Å². The Labute approximate surface area is 77.9 Å². The van der Waals surface area contributed by atoms with Crippen LogP contribution in [0, 0.1) is 5.92 Å². The lowest BCUT2D eigenvalue weighted by molar-refractivity contribution is 0.314. The first kappa shape index (κ1) is 9.77. The number of hydrogen-bond donors (Lipinski definition) is 1. The lowest BCUT2D eigenvalue weighted by atomic mass is 10.1. The van der Waals surface area contributed by atoms with E-state index >= 15 is 0 Å². The van der Waals surface area contributed by atoms with E-state index in [1.807, 2.05) is 31.7 Å². The van der Waals surface area contributed by atoms with Crippen molar-refractivity contribution in [3.63, 3.8) is 0 Å². The van der Waals surface area contributed by atoms with Crippen LogP contribution in [0.3, 0.4) is 0 Å². The number of oxime groups is 1. The summed E-state index contributed by atoms with van der Waals surface area (Å²) in [6.07, 6.45) is 4.23. The first-order valence-corrected chi connectivity index (χ1v) is 4.32. The van der Waals surface area contributed by atoms with E-state index in [9.17, 15) is 0 Å². The van der Waals surface area contributed by atoms with E-state index in [1.54, 1.807) is 6.20 Å². The van der Waals surface area contributed by atoms with Gasteiger partial charge in [0.25, 0.3) is 0 Å². The lowest BCUT2D eigenvalue weighted by Gasteiger charge is -2.07. The molecular formula is C9H15N3O. The molecule has 0 aliphatic heterocycles. The minimum Gasteiger partial charge on any atom is -0.411 e. The normalized spacial score (nSPS) is 12.5. The highest BCUT2D eigenvalue weighted by Crippen LogP contribution is 2.04. The van der Waals surface area contributed by atoms with Gasteiger partial charge in [0.1, 0.15) is 5.82 Å². The average Bonchev–Trinajstić information content (AvgIpc) is 2.46. The van der Waals surface area contributed by atoms with Crippen molar-refractivity contribution in [1.82, 2.24) is 9.55 Å². The van der Waals surface area contributed by atoms with E-state index < -0.39 is 0 Å². The van der Waals surface area contributed by atoms with Crippen LogP contribution in [0.1, 0.15) is 19.7 Å². The highest BCUT2D eigenvalue weighted by atomic mass is 16.4. The van der Waals surface area contributed by atoms with Crippen LogP contribution in [0.4, 0.5) is 0 Å². The number of hydrogen-bond acceptors (Lipinski definition) is 3. The second kappa shape index (κ2) is 4.07. The van der Waals surface area contributed by atoms with Crippen molar-refractivity contribution in [2.75, 3.05) is 0 Å². The molecule has 0 saturated carbocycles. The van der Waals surface area contributed by atoms with Gasteiger partial charge < -0.3 is 9.77 Å². The Morgan fingerprint density at radius 2 is 2.38 bits per heavy atom. The van der Waals surface area contributed by atoms with Crippen molar-refractivity contribution < 1.29 is 5.21 Å². The van der Waals surface area contributed by atoms with Crippen LogP contribution in [-0.2, 0) is 13.5 Å². The minimum atomic E-state index is 0.252. The Kier molecular flexibility index (Phi) is 3.06. The van der Waals surface area contributed by atoms with Crippen LogP contribution < -0.4 is 0 Å². The largest absolute Gasteiger partial charge is 0.411 e. The summed E-state index contributed by atoms with van der Waals surface area (Å²) >= 11 is 0. The predicted molar refractivity (Wildman–Crippen MR) is 51.0 cm³/mol. The molecule has 0 radical (unpaired) electrons. The molecule has 4 heteroatoms. The summed E-state index contributed by atoms with van der Waals surface area (Å²) < 4.78 is 1.92. The monoisotopic (exact) mass is 181 g/mol. The van der Waals surface area contributed by atoms with Crippen LogP contribution in [0.15, 0.2) is 17.5 Å². The van der Waals surface area contributed by atoms with Crippen LogP contribution >= 0.6 is 0 Å². The maximum atomic E-state index is 8.74. The summed E-state index contributed by atoms with van der Waals surface area (Å²) in [6, 6.07) is 0. The molecule has 0 bridgehead atoms. The summed E-state index contributed by atoms with van der Waals surface area (Å²) in [4.78, 5) is 4.16. The summed E-state index contributed by atoms with van der Waals surface area (Å²) in [5.41, 5.74) is 0.759. The van der Waals surface area contributed by atoms with Gasteiger partial charge in [-0.25, -0.2) is 4.98 Å². The highest BCUT2D eigenvalue weighted by Gasteiger charge is 2.09. The highest BCUT2D eigenvalue weighted by molar-refractivity contribution is 5.87. The molecule has 1 heterocycles. The Morgan fingerprint density at radius 3 is 2.77 bits per heavy atom. The van der Waals surface area contributed by atoms with E-state index in [4.69, 9.17) is 5.21 Å². The van der Waals surface area contributed by atoms with Gasteiger partial charge in [0.15, 0.2) is 0 Å². The summed E-state index contributed by atoms with van der Waals surface area (Å²) in [5, 5.41) is 12.0. The molecule has 0 saturated heterocycles. The zero-order valence-electron chi connectivity index (χ0n) is 8.23. The van der Waals surface area contributed by atoms with Crippen molar-refractivity contribution in [2.24, 2.45) is 18.1 Å². The SMILES string of the molecule is CC(C)/C(Cc1nccn1C)=N\O. The number of nitrogens with zero attached hydrogens (tertiary/aromatic N) is 3. The zero-order valence-corrected chi connectivity index (χ0v) is 8.23. The second-order valence-corrected chi connectivity index (χ2v) is 3.38. The lowest BCUT2D eigenvalue weighted by Crippen LogP contribution is -2.14. The van der Waals surface area contributed by atoms with Crippen molar-refractivity contribution >= 4 is 5.71 Å². The summed E-state index contributed by atoms with van der Waals surface area (Å²) in [5.74, 6) is 1.17. The fourth-order valence-corrected chi connectivity index (χ4v) is 1.08. The maximum absolute atomic E-state index is 8.74. The van der Waals surface area contributed by atoms with Gasteiger partial charge in [-0.3, -0.25) is 0 Å². The third-order valence-electron chi connectivity index (χ3n) is 2.06. The summed E-state index contributed by atoms with van der Waals surface area (Å²) in [6.45, 7) is 4.00. The van der Waals surface area contributed by atoms with E-state index in [2.05, 4.69) is 10.1 Å². The van der Waals surface area contributed by atoms with E-state index in [0.717, 1.165) is 11.5 Å². The van der Waals surface area contributed by atoms with Gasteiger partial charge in [-0.2, -0.15) is 0 Å². The quantitative estimate of drug-likeness (QED) is 0.436. The molecule has 0 spiro atoms. The number of rotatable bonds is 3. The Balaban J connectivity index is 2.74. The first-order chi connectivity index (χ1) is 6.15. The molecule has 1 aromatic heterocycles. The Hall–Kier alpha value is -1.32. The number of aromatic nitrogens is 2. The Bertz CT molecular complexity index is 302. The molecule has 0 aliphatic rings. The van der Waals surface area contributed by atoms with Crippen LogP contribution in [0.2, 0.25) is 0 Å².